The zero-order valence-corrected chi connectivity index (χ0v) is 4.40. The quantitative estimate of drug-likeness (QED) is 0.519. The van der Waals surface area contributed by atoms with Crippen LogP contribution in [0.1, 0.15) is 0 Å². The van der Waals surface area contributed by atoms with Crippen molar-refractivity contribution in [2.45, 2.75) is 0 Å². The molecule has 0 aliphatic carbocycles. The van der Waals surface area contributed by atoms with Crippen molar-refractivity contribution in [2.75, 3.05) is 0 Å². The summed E-state index contributed by atoms with van der Waals surface area (Å²) in [6.07, 6.45) is 3.49. The van der Waals surface area contributed by atoms with Crippen molar-refractivity contribution in [1.29, 1.82) is 0 Å². The van der Waals surface area contributed by atoms with Gasteiger partial charge in [-0.2, -0.15) is 5.10 Å². The van der Waals surface area contributed by atoms with E-state index in [1.165, 1.54) is 11.5 Å². The molecule has 0 aliphatic heterocycles. The monoisotopic (exact) mass is 115 g/mol. The van der Waals surface area contributed by atoms with Gasteiger partial charge in [-0.1, -0.05) is 0 Å². The van der Waals surface area contributed by atoms with Gasteiger partial charge in [0.1, 0.15) is 5.51 Å². The first-order valence-corrected chi connectivity index (χ1v) is 2.71. The molecule has 4 heteroatoms. The third-order valence-corrected chi connectivity index (χ3v) is 0.957. The molecular formula is C3H5N3S. The van der Waals surface area contributed by atoms with Crippen LogP contribution < -0.4 is 0 Å². The van der Waals surface area contributed by atoms with Crippen molar-refractivity contribution >= 4 is 11.5 Å². The molecule has 0 unspecified atom stereocenters. The second kappa shape index (κ2) is 2.41. The summed E-state index contributed by atoms with van der Waals surface area (Å²) in [5.41, 5.74) is 1.68. The standard InChI is InChI=1S/C3H5N3S/c1-2-6-7-3-5-4-1/h1-4,6H. The number of nitrogens with one attached hydrogen (secondary N) is 2. The lowest BCUT2D eigenvalue weighted by Gasteiger charge is -1.59. The van der Waals surface area contributed by atoms with Crippen LogP contribution in [0.25, 0.3) is 0 Å². The minimum Gasteiger partial charge on any atom is -0.316 e. The Morgan fingerprint density at radius 3 is 3.43 bits per heavy atom. The summed E-state index contributed by atoms with van der Waals surface area (Å²) >= 11 is 1.42. The van der Waals surface area contributed by atoms with E-state index in [4.69, 9.17) is 0 Å². The summed E-state index contributed by atoms with van der Waals surface area (Å²) in [5, 5.41) is 6.36. The topological polar surface area (TPSA) is 44.5 Å². The van der Waals surface area contributed by atoms with Gasteiger partial charge in [-0.15, -0.1) is 0 Å². The number of hydrogen-bond donors (Lipinski definition) is 2. The molecular weight excluding hydrogens is 110 g/mol. The van der Waals surface area contributed by atoms with Crippen molar-refractivity contribution in [3.8, 4) is 0 Å². The maximum atomic E-state index is 3.71. The fourth-order valence-corrected chi connectivity index (χ4v) is 0.562. The van der Waals surface area contributed by atoms with Crippen LogP contribution in [0.5, 0.6) is 0 Å². The van der Waals surface area contributed by atoms with Gasteiger partial charge < -0.3 is 4.37 Å². The number of H-pyrrole nitrogens is 2. The first kappa shape index (κ1) is 4.39. The third-order valence-electron chi connectivity index (χ3n) is 0.474. The van der Waals surface area contributed by atoms with Crippen LogP contribution in [0.3, 0.4) is 0 Å². The van der Waals surface area contributed by atoms with Crippen LogP contribution >= 0.6 is 11.5 Å². The molecule has 0 aromatic carbocycles. The van der Waals surface area contributed by atoms with Crippen molar-refractivity contribution in [3.63, 3.8) is 0 Å². The van der Waals surface area contributed by atoms with Gasteiger partial charge in [0.15, 0.2) is 0 Å². The molecule has 38 valence electrons. The van der Waals surface area contributed by atoms with E-state index in [2.05, 4.69) is 14.6 Å². The van der Waals surface area contributed by atoms with E-state index in [9.17, 15) is 0 Å². The van der Waals surface area contributed by atoms with E-state index in [1.54, 1.807) is 17.9 Å². The molecule has 0 amide bonds. The number of nitrogens with zero attached hydrogens (tertiary/aromatic N) is 1. The lowest BCUT2D eigenvalue weighted by Crippen LogP contribution is -1.61. The third kappa shape index (κ3) is 1.41. The van der Waals surface area contributed by atoms with Crippen molar-refractivity contribution < 1.29 is 0 Å². The van der Waals surface area contributed by atoms with Gasteiger partial charge in [-0.3, -0.25) is 5.10 Å². The van der Waals surface area contributed by atoms with Gasteiger partial charge in [0, 0.05) is 12.4 Å². The molecule has 0 bridgehead atoms. The minimum absolute atomic E-state index is 1.42. The van der Waals surface area contributed by atoms with Gasteiger partial charge in [-0.05, 0) is 11.5 Å². The summed E-state index contributed by atoms with van der Waals surface area (Å²) in [4.78, 5) is 0. The van der Waals surface area contributed by atoms with E-state index >= 15 is 0 Å². The Morgan fingerprint density at radius 1 is 1.43 bits per heavy atom. The van der Waals surface area contributed by atoms with Crippen LogP contribution in [0.2, 0.25) is 0 Å². The van der Waals surface area contributed by atoms with Gasteiger partial charge in [0.2, 0.25) is 0 Å². The molecule has 0 saturated carbocycles. The average Bonchev–Trinajstić information content (AvgIpc) is 1.90. The fourth-order valence-electron chi connectivity index (χ4n) is 0.241. The Balaban J connectivity index is 3.06. The molecule has 0 radical (unpaired) electrons. The molecule has 1 rings (SSSR count). The first-order chi connectivity index (χ1) is 3.50. The Kier molecular flexibility index (Phi) is 1.51. The summed E-state index contributed by atoms with van der Waals surface area (Å²) in [6.45, 7) is 0. The van der Waals surface area contributed by atoms with Gasteiger partial charge in [0.25, 0.3) is 0 Å². The fraction of sp³-hybridized carbons (Fsp3) is 0. The van der Waals surface area contributed by atoms with Crippen molar-refractivity contribution in [2.24, 2.45) is 0 Å². The highest BCUT2D eigenvalue weighted by Gasteiger charge is 1.56. The second-order valence-electron chi connectivity index (χ2n) is 0.933. The van der Waals surface area contributed by atoms with E-state index < -0.39 is 0 Å². The second-order valence-corrected chi connectivity index (χ2v) is 1.61. The average molecular weight is 115 g/mol. The highest BCUT2D eigenvalue weighted by atomic mass is 32.1. The molecule has 7 heavy (non-hydrogen) atoms. The molecule has 1 aromatic rings. The number of aromatic nitrogens is 3. The Bertz CT molecular complexity index is 98.2. The zero-order valence-electron chi connectivity index (χ0n) is 3.59. The minimum atomic E-state index is 1.42. The van der Waals surface area contributed by atoms with Crippen LogP contribution in [0, 0.1) is 0 Å². The summed E-state index contributed by atoms with van der Waals surface area (Å²) in [7, 11) is 0. The maximum absolute atomic E-state index is 3.71. The van der Waals surface area contributed by atoms with E-state index in [-0.39, 0.29) is 0 Å². The Labute approximate surface area is 44.9 Å². The number of aromatic amines is 2. The zero-order chi connectivity index (χ0) is 4.95. The molecule has 1 aromatic heterocycles. The normalized spacial score (nSPS) is 8.00. The lowest BCUT2D eigenvalue weighted by molar-refractivity contribution is 1.06. The molecule has 0 spiro atoms. The molecule has 1 heterocycles. The SMILES string of the molecule is c1c[nH]scn[nH]1. The molecule has 0 atom stereocenters. The van der Waals surface area contributed by atoms with Crippen LogP contribution in [-0.4, -0.2) is 14.6 Å². The van der Waals surface area contributed by atoms with Crippen molar-refractivity contribution in [3.05, 3.63) is 17.9 Å². The van der Waals surface area contributed by atoms with Gasteiger partial charge in [-0.25, -0.2) is 0 Å². The van der Waals surface area contributed by atoms with Crippen LogP contribution in [0.15, 0.2) is 17.9 Å². The summed E-state index contributed by atoms with van der Waals surface area (Å²) in [5.74, 6) is 0. The van der Waals surface area contributed by atoms with Gasteiger partial charge in [0.05, 0.1) is 0 Å². The number of hydrogen-bond acceptors (Lipinski definition) is 2. The Hall–Kier alpha value is -0.770. The van der Waals surface area contributed by atoms with Crippen molar-refractivity contribution in [1.82, 2.24) is 14.6 Å². The summed E-state index contributed by atoms with van der Waals surface area (Å²) < 4.78 is 2.87. The van der Waals surface area contributed by atoms with E-state index in [1.807, 2.05) is 0 Å². The van der Waals surface area contributed by atoms with E-state index in [0.29, 0.717) is 0 Å². The summed E-state index contributed by atoms with van der Waals surface area (Å²) in [6, 6.07) is 0. The highest BCUT2D eigenvalue weighted by molar-refractivity contribution is 7.02. The molecule has 3 nitrogen and oxygen atoms in total. The molecule has 0 saturated heterocycles. The lowest BCUT2D eigenvalue weighted by atomic mass is 11.0. The maximum Gasteiger partial charge on any atom is 0.116 e. The number of rotatable bonds is 0. The smallest absolute Gasteiger partial charge is 0.116 e. The largest absolute Gasteiger partial charge is 0.316 e. The Morgan fingerprint density at radius 2 is 2.43 bits per heavy atom. The molecule has 0 aliphatic rings. The predicted octanol–water partition coefficient (Wildman–Crippen LogP) is 0.924. The van der Waals surface area contributed by atoms with Crippen LogP contribution in [0.4, 0.5) is 0 Å². The first-order valence-electron chi connectivity index (χ1n) is 1.83. The molecule has 2 N–H and O–H groups in total. The van der Waals surface area contributed by atoms with Crippen LogP contribution in [-0.2, 0) is 0 Å². The predicted molar refractivity (Wildman–Crippen MR) is 28.4 cm³/mol. The van der Waals surface area contributed by atoms with Gasteiger partial charge >= 0.3 is 0 Å². The molecule has 0 fully saturated rings. The van der Waals surface area contributed by atoms with E-state index in [0.717, 1.165) is 0 Å². The highest BCUT2D eigenvalue weighted by Crippen LogP contribution is 1.74.